The number of ether oxygens (including phenoxy) is 3. The van der Waals surface area contributed by atoms with Crippen molar-refractivity contribution < 1.29 is 14.2 Å². The van der Waals surface area contributed by atoms with Crippen LogP contribution in [0.5, 0.6) is 17.2 Å². The van der Waals surface area contributed by atoms with Crippen LogP contribution in [0, 0.1) is 0 Å². The van der Waals surface area contributed by atoms with Gasteiger partial charge in [0.05, 0.1) is 6.61 Å². The highest BCUT2D eigenvalue weighted by molar-refractivity contribution is 6.17. The number of halogens is 1. The molecular weight excluding hydrogens is 204 g/mol. The van der Waals surface area contributed by atoms with Crippen LogP contribution in [0.15, 0.2) is 18.2 Å². The third-order valence-electron chi connectivity index (χ3n) is 1.89. The Morgan fingerprint density at radius 2 is 2.14 bits per heavy atom. The van der Waals surface area contributed by atoms with Crippen molar-refractivity contribution in [3.8, 4) is 17.2 Å². The number of alkyl halides is 1. The third-order valence-corrected chi connectivity index (χ3v) is 2.16. The van der Waals surface area contributed by atoms with E-state index in [-0.39, 0.29) is 0 Å². The summed E-state index contributed by atoms with van der Waals surface area (Å²) < 4.78 is 15.8. The van der Waals surface area contributed by atoms with E-state index in [9.17, 15) is 0 Å². The van der Waals surface area contributed by atoms with Gasteiger partial charge in [-0.2, -0.15) is 0 Å². The van der Waals surface area contributed by atoms with Crippen LogP contribution in [0.3, 0.4) is 0 Å². The largest absolute Gasteiger partial charge is 0.493 e. The highest BCUT2D eigenvalue weighted by Crippen LogP contribution is 2.34. The van der Waals surface area contributed by atoms with Crippen LogP contribution >= 0.6 is 11.6 Å². The average molecular weight is 215 g/mol. The Bertz CT molecular complexity index is 314. The number of benzene rings is 1. The molecule has 0 N–H and O–H groups in total. The molecule has 0 aromatic heterocycles. The Kier molecular flexibility index (Phi) is 2.99. The molecule has 0 fully saturated rings. The zero-order valence-corrected chi connectivity index (χ0v) is 8.42. The maximum Gasteiger partial charge on any atom is 0.231 e. The molecule has 0 unspecified atom stereocenters. The van der Waals surface area contributed by atoms with Crippen LogP contribution in [-0.2, 0) is 0 Å². The van der Waals surface area contributed by atoms with Crippen LogP contribution in [0.1, 0.15) is 6.42 Å². The summed E-state index contributed by atoms with van der Waals surface area (Å²) in [4.78, 5) is 0. The molecule has 1 aliphatic rings. The SMILES string of the molecule is ClCCCOc1ccc2c(c1)OCO2. The van der Waals surface area contributed by atoms with Gasteiger partial charge in [0, 0.05) is 11.9 Å². The zero-order chi connectivity index (χ0) is 9.80. The summed E-state index contributed by atoms with van der Waals surface area (Å²) >= 11 is 5.54. The Labute approximate surface area is 87.5 Å². The molecule has 0 saturated heterocycles. The van der Waals surface area contributed by atoms with E-state index in [2.05, 4.69) is 0 Å². The van der Waals surface area contributed by atoms with Gasteiger partial charge in [0.1, 0.15) is 5.75 Å². The van der Waals surface area contributed by atoms with Crippen molar-refractivity contribution in [3.63, 3.8) is 0 Å². The van der Waals surface area contributed by atoms with E-state index < -0.39 is 0 Å². The molecule has 1 heterocycles. The van der Waals surface area contributed by atoms with Crippen LogP contribution in [0.25, 0.3) is 0 Å². The van der Waals surface area contributed by atoms with Gasteiger partial charge in [-0.15, -0.1) is 11.6 Å². The van der Waals surface area contributed by atoms with Crippen LogP contribution in [-0.4, -0.2) is 19.3 Å². The second-order valence-corrected chi connectivity index (χ2v) is 3.28. The highest BCUT2D eigenvalue weighted by Gasteiger charge is 2.13. The van der Waals surface area contributed by atoms with Gasteiger partial charge < -0.3 is 14.2 Å². The van der Waals surface area contributed by atoms with Gasteiger partial charge in [0.2, 0.25) is 6.79 Å². The topological polar surface area (TPSA) is 27.7 Å². The van der Waals surface area contributed by atoms with Gasteiger partial charge in [0.25, 0.3) is 0 Å². The minimum atomic E-state index is 0.292. The first-order valence-electron chi connectivity index (χ1n) is 4.48. The highest BCUT2D eigenvalue weighted by atomic mass is 35.5. The fourth-order valence-electron chi connectivity index (χ4n) is 1.21. The third kappa shape index (κ3) is 2.04. The summed E-state index contributed by atoms with van der Waals surface area (Å²) in [6, 6.07) is 5.54. The summed E-state index contributed by atoms with van der Waals surface area (Å²) in [5.74, 6) is 2.92. The lowest BCUT2D eigenvalue weighted by atomic mass is 10.3. The smallest absolute Gasteiger partial charge is 0.231 e. The monoisotopic (exact) mass is 214 g/mol. The standard InChI is InChI=1S/C10H11ClO3/c11-4-1-5-12-8-2-3-9-10(6-8)14-7-13-9/h2-3,6H,1,4-5,7H2. The molecule has 2 rings (SSSR count). The Morgan fingerprint density at radius 1 is 1.29 bits per heavy atom. The molecule has 3 nitrogen and oxygen atoms in total. The van der Waals surface area contributed by atoms with Gasteiger partial charge in [-0.05, 0) is 18.6 Å². The van der Waals surface area contributed by atoms with Gasteiger partial charge >= 0.3 is 0 Å². The molecule has 0 aliphatic carbocycles. The van der Waals surface area contributed by atoms with Crippen molar-refractivity contribution in [2.75, 3.05) is 19.3 Å². The minimum Gasteiger partial charge on any atom is -0.493 e. The molecule has 76 valence electrons. The van der Waals surface area contributed by atoms with E-state index >= 15 is 0 Å². The van der Waals surface area contributed by atoms with Crippen LogP contribution in [0.4, 0.5) is 0 Å². The van der Waals surface area contributed by atoms with Gasteiger partial charge in [0.15, 0.2) is 11.5 Å². The molecule has 14 heavy (non-hydrogen) atoms. The first-order valence-corrected chi connectivity index (χ1v) is 5.02. The van der Waals surface area contributed by atoms with Gasteiger partial charge in [-0.25, -0.2) is 0 Å². The van der Waals surface area contributed by atoms with E-state index in [1.165, 1.54) is 0 Å². The second kappa shape index (κ2) is 4.42. The van der Waals surface area contributed by atoms with E-state index in [0.29, 0.717) is 19.3 Å². The molecule has 4 heteroatoms. The molecule has 0 bridgehead atoms. The van der Waals surface area contributed by atoms with Crippen molar-refractivity contribution >= 4 is 11.6 Å². The maximum atomic E-state index is 5.54. The molecule has 0 radical (unpaired) electrons. The lowest BCUT2D eigenvalue weighted by Gasteiger charge is -2.05. The Balaban J connectivity index is 1.98. The summed E-state index contributed by atoms with van der Waals surface area (Å²) in [6.07, 6.45) is 0.843. The Morgan fingerprint density at radius 3 is 3.00 bits per heavy atom. The number of rotatable bonds is 4. The molecule has 1 aromatic rings. The molecule has 0 spiro atoms. The molecule has 0 saturated carbocycles. The molecule has 0 atom stereocenters. The first kappa shape index (κ1) is 9.46. The molecule has 0 amide bonds. The fourth-order valence-corrected chi connectivity index (χ4v) is 1.32. The molecule has 1 aliphatic heterocycles. The van der Waals surface area contributed by atoms with Crippen molar-refractivity contribution in [1.29, 1.82) is 0 Å². The number of fused-ring (bicyclic) bond motifs is 1. The zero-order valence-electron chi connectivity index (χ0n) is 7.66. The van der Waals surface area contributed by atoms with Crippen molar-refractivity contribution in [2.45, 2.75) is 6.42 Å². The predicted molar refractivity (Wildman–Crippen MR) is 53.4 cm³/mol. The minimum absolute atomic E-state index is 0.292. The molecular formula is C10H11ClO3. The van der Waals surface area contributed by atoms with Gasteiger partial charge in [-0.3, -0.25) is 0 Å². The Hall–Kier alpha value is -1.09. The van der Waals surface area contributed by atoms with Crippen molar-refractivity contribution in [3.05, 3.63) is 18.2 Å². The van der Waals surface area contributed by atoms with E-state index in [0.717, 1.165) is 23.7 Å². The summed E-state index contributed by atoms with van der Waals surface area (Å²) in [5.41, 5.74) is 0. The normalized spacial score (nSPS) is 12.9. The fraction of sp³-hybridized carbons (Fsp3) is 0.400. The number of hydrogen-bond acceptors (Lipinski definition) is 3. The lowest BCUT2D eigenvalue weighted by molar-refractivity contribution is 0.173. The summed E-state index contributed by atoms with van der Waals surface area (Å²) in [6.45, 7) is 0.920. The average Bonchev–Trinajstić information content (AvgIpc) is 2.65. The number of hydrogen-bond donors (Lipinski definition) is 0. The second-order valence-electron chi connectivity index (χ2n) is 2.91. The van der Waals surface area contributed by atoms with E-state index in [1.54, 1.807) is 0 Å². The lowest BCUT2D eigenvalue weighted by Crippen LogP contribution is -1.97. The van der Waals surface area contributed by atoms with Gasteiger partial charge in [-0.1, -0.05) is 0 Å². The van der Waals surface area contributed by atoms with Crippen molar-refractivity contribution in [1.82, 2.24) is 0 Å². The summed E-state index contributed by atoms with van der Waals surface area (Å²) in [7, 11) is 0. The molecule has 1 aromatic carbocycles. The first-order chi connectivity index (χ1) is 6.90. The predicted octanol–water partition coefficient (Wildman–Crippen LogP) is 2.42. The quantitative estimate of drug-likeness (QED) is 0.569. The van der Waals surface area contributed by atoms with Crippen LogP contribution in [0.2, 0.25) is 0 Å². The van der Waals surface area contributed by atoms with Crippen molar-refractivity contribution in [2.24, 2.45) is 0 Å². The van der Waals surface area contributed by atoms with E-state index in [1.807, 2.05) is 18.2 Å². The summed E-state index contributed by atoms with van der Waals surface area (Å²) in [5, 5.41) is 0. The van der Waals surface area contributed by atoms with Crippen LogP contribution < -0.4 is 14.2 Å². The van der Waals surface area contributed by atoms with E-state index in [4.69, 9.17) is 25.8 Å². The maximum absolute atomic E-state index is 5.54.